The maximum absolute atomic E-state index is 13.4. The number of rotatable bonds is 6. The maximum atomic E-state index is 13.4. The Morgan fingerprint density at radius 2 is 1.70 bits per heavy atom. The highest BCUT2D eigenvalue weighted by Gasteiger charge is 2.43. The zero-order chi connectivity index (χ0) is 30.0. The molecule has 6 rings (SSSR count). The highest BCUT2D eigenvalue weighted by Crippen LogP contribution is 2.40. The van der Waals surface area contributed by atoms with E-state index in [-0.39, 0.29) is 24.2 Å². The van der Waals surface area contributed by atoms with Crippen molar-refractivity contribution < 1.29 is 18.0 Å². The minimum absolute atomic E-state index is 0. The normalized spacial score (nSPS) is 21.3. The van der Waals surface area contributed by atoms with E-state index in [1.807, 2.05) is 4.90 Å². The highest BCUT2D eigenvalue weighted by molar-refractivity contribution is 5.91. The van der Waals surface area contributed by atoms with Crippen LogP contribution in [0.3, 0.4) is 0 Å². The third kappa shape index (κ3) is 7.22. The topological polar surface area (TPSA) is 100 Å². The third-order valence-corrected chi connectivity index (χ3v) is 9.79. The van der Waals surface area contributed by atoms with Gasteiger partial charge in [-0.05, 0) is 81.1 Å². The SMILES string of the molecule is Cl.N#Cc1ccc(N2CCC(C(=O)Nc3cnc(N4CCC(CN5CC6(CCNCC6)C5)CC4)cn3)CC2)cc1C(F)(F)F. The van der Waals surface area contributed by atoms with Crippen molar-refractivity contribution in [3.05, 3.63) is 41.7 Å². The summed E-state index contributed by atoms with van der Waals surface area (Å²) < 4.78 is 40.1. The quantitative estimate of drug-likeness (QED) is 0.479. The molecule has 44 heavy (non-hydrogen) atoms. The third-order valence-electron chi connectivity index (χ3n) is 9.79. The molecule has 4 aliphatic rings. The molecule has 4 aliphatic heterocycles. The molecule has 0 bridgehead atoms. The number of amides is 1. The van der Waals surface area contributed by atoms with Crippen LogP contribution in [0.5, 0.6) is 0 Å². The van der Waals surface area contributed by atoms with Crippen LogP contribution in [0.25, 0.3) is 0 Å². The van der Waals surface area contributed by atoms with E-state index in [9.17, 15) is 18.0 Å². The number of anilines is 3. The van der Waals surface area contributed by atoms with Crippen LogP contribution >= 0.6 is 12.4 Å². The zero-order valence-corrected chi connectivity index (χ0v) is 25.6. The van der Waals surface area contributed by atoms with Crippen LogP contribution in [-0.4, -0.2) is 79.7 Å². The van der Waals surface area contributed by atoms with E-state index in [2.05, 4.69) is 30.4 Å². The van der Waals surface area contributed by atoms with Crippen LogP contribution in [0.1, 0.15) is 49.7 Å². The van der Waals surface area contributed by atoms with Gasteiger partial charge in [-0.2, -0.15) is 18.4 Å². The monoisotopic (exact) mass is 632 g/mol. The molecule has 0 unspecified atom stereocenters. The van der Waals surface area contributed by atoms with Crippen molar-refractivity contribution in [2.75, 3.05) is 74.0 Å². The summed E-state index contributed by atoms with van der Waals surface area (Å²) in [6.07, 6.45) is 4.63. The Bertz CT molecular complexity index is 1320. The molecule has 1 amide bonds. The number of halogens is 4. The van der Waals surface area contributed by atoms with Crippen LogP contribution in [0, 0.1) is 28.6 Å². The van der Waals surface area contributed by atoms with Gasteiger partial charge in [0.1, 0.15) is 5.82 Å². The van der Waals surface area contributed by atoms with Gasteiger partial charge in [0, 0.05) is 57.4 Å². The second kappa shape index (κ2) is 13.5. The van der Waals surface area contributed by atoms with Crippen molar-refractivity contribution in [3.63, 3.8) is 0 Å². The summed E-state index contributed by atoms with van der Waals surface area (Å²) in [6, 6.07) is 5.37. The minimum atomic E-state index is -4.60. The molecule has 2 N–H and O–H groups in total. The Morgan fingerprint density at radius 3 is 2.32 bits per heavy atom. The van der Waals surface area contributed by atoms with Crippen molar-refractivity contribution in [1.82, 2.24) is 20.2 Å². The van der Waals surface area contributed by atoms with Crippen molar-refractivity contribution in [2.45, 2.75) is 44.7 Å². The Labute approximate surface area is 262 Å². The zero-order valence-electron chi connectivity index (χ0n) is 24.8. The lowest BCUT2D eigenvalue weighted by molar-refractivity contribution is -0.137. The predicted molar refractivity (Wildman–Crippen MR) is 165 cm³/mol. The molecule has 0 aliphatic carbocycles. The molecule has 0 atom stereocenters. The van der Waals surface area contributed by atoms with Gasteiger partial charge in [-0.3, -0.25) is 4.79 Å². The van der Waals surface area contributed by atoms with Crippen molar-refractivity contribution >= 4 is 35.6 Å². The number of likely N-dealkylation sites (tertiary alicyclic amines) is 1. The van der Waals surface area contributed by atoms with Gasteiger partial charge in [0.2, 0.25) is 5.91 Å². The van der Waals surface area contributed by atoms with E-state index in [1.165, 1.54) is 44.6 Å². The maximum Gasteiger partial charge on any atom is 0.417 e. The molecule has 1 aromatic carbocycles. The number of carbonyl (C=O) groups is 1. The molecule has 4 fully saturated rings. The van der Waals surface area contributed by atoms with Gasteiger partial charge in [-0.25, -0.2) is 9.97 Å². The second-order valence-corrected chi connectivity index (χ2v) is 12.7. The summed E-state index contributed by atoms with van der Waals surface area (Å²) in [6.45, 7) is 8.82. The summed E-state index contributed by atoms with van der Waals surface area (Å²) in [5.74, 6) is 1.52. The van der Waals surface area contributed by atoms with Crippen LogP contribution in [0.15, 0.2) is 30.6 Å². The molecule has 238 valence electrons. The van der Waals surface area contributed by atoms with Gasteiger partial charge in [0.15, 0.2) is 5.82 Å². The number of aromatic nitrogens is 2. The average Bonchev–Trinajstić information content (AvgIpc) is 3.01. The van der Waals surface area contributed by atoms with E-state index in [0.29, 0.717) is 42.9 Å². The van der Waals surface area contributed by atoms with Crippen molar-refractivity contribution in [2.24, 2.45) is 17.3 Å². The minimum Gasteiger partial charge on any atom is -0.371 e. The standard InChI is InChI=1S/C31H39F3N8O.ClH/c32-31(33,34)26-15-25(2-1-24(26)16-35)41-13-5-23(6-14-41)29(43)39-27-17-38-28(18-37-27)42-11-3-22(4-12-42)19-40-20-30(21-40)7-9-36-10-8-30;/h1-2,15,17-18,22-23,36H,3-14,19-21H2,(H,37,39,43);1H. The first-order valence-electron chi connectivity index (χ1n) is 15.4. The van der Waals surface area contributed by atoms with Gasteiger partial charge in [-0.1, -0.05) is 0 Å². The number of alkyl halides is 3. The van der Waals surface area contributed by atoms with E-state index < -0.39 is 17.3 Å². The average molecular weight is 633 g/mol. The Kier molecular flexibility index (Phi) is 9.87. The number of piperidine rings is 3. The molecule has 2 aromatic rings. The molecule has 13 heteroatoms. The molecule has 0 saturated carbocycles. The number of benzene rings is 1. The molecular weight excluding hydrogens is 593 g/mol. The van der Waals surface area contributed by atoms with E-state index in [4.69, 9.17) is 5.26 Å². The number of nitrogens with one attached hydrogen (secondary N) is 2. The largest absolute Gasteiger partial charge is 0.417 e. The first kappa shape index (κ1) is 32.3. The van der Waals surface area contributed by atoms with E-state index in [1.54, 1.807) is 18.5 Å². The molecule has 5 heterocycles. The van der Waals surface area contributed by atoms with E-state index in [0.717, 1.165) is 56.8 Å². The molecular formula is C31H40ClF3N8O. The fourth-order valence-corrected chi connectivity index (χ4v) is 7.25. The summed E-state index contributed by atoms with van der Waals surface area (Å²) in [4.78, 5) is 28.7. The van der Waals surface area contributed by atoms with Gasteiger partial charge in [0.25, 0.3) is 0 Å². The molecule has 1 aromatic heterocycles. The molecule has 4 saturated heterocycles. The van der Waals surface area contributed by atoms with Crippen LogP contribution < -0.4 is 20.4 Å². The Balaban J connectivity index is 0.00000384. The predicted octanol–water partition coefficient (Wildman–Crippen LogP) is 4.55. The van der Waals surface area contributed by atoms with Crippen LogP contribution in [0.2, 0.25) is 0 Å². The fourth-order valence-electron chi connectivity index (χ4n) is 7.25. The number of nitriles is 1. The number of hydrogen-bond acceptors (Lipinski definition) is 8. The molecule has 1 spiro atoms. The lowest BCUT2D eigenvalue weighted by atomic mass is 9.72. The summed E-state index contributed by atoms with van der Waals surface area (Å²) in [7, 11) is 0. The Morgan fingerprint density at radius 1 is 1.02 bits per heavy atom. The van der Waals surface area contributed by atoms with Crippen LogP contribution in [0.4, 0.5) is 30.5 Å². The second-order valence-electron chi connectivity index (χ2n) is 12.7. The Hall–Kier alpha value is -3.14. The van der Waals surface area contributed by atoms with Crippen molar-refractivity contribution in [3.8, 4) is 6.07 Å². The number of nitrogens with zero attached hydrogens (tertiary/aromatic N) is 6. The smallest absolute Gasteiger partial charge is 0.371 e. The van der Waals surface area contributed by atoms with Gasteiger partial charge in [0.05, 0.1) is 29.6 Å². The molecule has 0 radical (unpaired) electrons. The van der Waals surface area contributed by atoms with Crippen molar-refractivity contribution in [1.29, 1.82) is 5.26 Å². The summed E-state index contributed by atoms with van der Waals surface area (Å²) in [5, 5.41) is 15.4. The first-order chi connectivity index (χ1) is 20.7. The van der Waals surface area contributed by atoms with E-state index >= 15 is 0 Å². The first-order valence-corrected chi connectivity index (χ1v) is 15.4. The van der Waals surface area contributed by atoms with Gasteiger partial charge >= 0.3 is 6.18 Å². The lowest BCUT2D eigenvalue weighted by Gasteiger charge is -2.53. The summed E-state index contributed by atoms with van der Waals surface area (Å²) in [5.41, 5.74) is -0.348. The lowest BCUT2D eigenvalue weighted by Crippen LogP contribution is -2.60. The summed E-state index contributed by atoms with van der Waals surface area (Å²) >= 11 is 0. The number of carbonyl (C=O) groups excluding carboxylic acids is 1. The fraction of sp³-hybridized carbons (Fsp3) is 0.613. The van der Waals surface area contributed by atoms with Crippen LogP contribution in [-0.2, 0) is 11.0 Å². The number of hydrogen-bond donors (Lipinski definition) is 2. The van der Waals surface area contributed by atoms with Gasteiger partial charge in [-0.15, -0.1) is 12.4 Å². The molecule has 9 nitrogen and oxygen atoms in total. The highest BCUT2D eigenvalue weighted by atomic mass is 35.5. The van der Waals surface area contributed by atoms with Gasteiger partial charge < -0.3 is 25.3 Å².